The van der Waals surface area contributed by atoms with Crippen molar-refractivity contribution < 1.29 is 9.84 Å². The first-order chi connectivity index (χ1) is 16.6. The van der Waals surface area contributed by atoms with E-state index in [2.05, 4.69) is 20.3 Å². The lowest BCUT2D eigenvalue weighted by Gasteiger charge is -2.00. The summed E-state index contributed by atoms with van der Waals surface area (Å²) in [7, 11) is 1.62. The molecule has 5 rings (SSSR count). The molecule has 0 bridgehead atoms. The fraction of sp³-hybridized carbons (Fsp3) is 0.0400. The lowest BCUT2D eigenvalue weighted by molar-refractivity contribution is 0.415. The Hall–Kier alpha value is -4.50. The van der Waals surface area contributed by atoms with Crippen molar-refractivity contribution in [3.05, 3.63) is 94.6 Å². The molecule has 0 atom stereocenters. The zero-order valence-electron chi connectivity index (χ0n) is 18.0. The standard InChI is InChI=1S/C25H19N5O3S/c1-33-20-12-10-16(11-13-20)21-15-34-25(26-21)30-24(32)23(22(29-30)17-6-3-2-4-7-17)28-27-18-8-5-9-19(31)14-18/h2-15,29,31H,1H3. The van der Waals surface area contributed by atoms with Gasteiger partial charge in [-0.3, -0.25) is 9.89 Å². The fourth-order valence-corrected chi connectivity index (χ4v) is 4.18. The third-order valence-corrected chi connectivity index (χ3v) is 5.92. The number of nitrogens with one attached hydrogen (secondary N) is 1. The summed E-state index contributed by atoms with van der Waals surface area (Å²) in [4.78, 5) is 18.0. The Bertz CT molecular complexity index is 1520. The molecule has 5 aromatic rings. The van der Waals surface area contributed by atoms with Crippen molar-refractivity contribution in [1.82, 2.24) is 14.8 Å². The Labute approximate surface area is 198 Å². The first-order valence-corrected chi connectivity index (χ1v) is 11.2. The summed E-state index contributed by atoms with van der Waals surface area (Å²) in [5.41, 5.74) is 3.17. The highest BCUT2D eigenvalue weighted by Gasteiger charge is 2.19. The smallest absolute Gasteiger partial charge is 0.301 e. The number of H-pyrrole nitrogens is 1. The minimum atomic E-state index is -0.376. The monoisotopic (exact) mass is 469 g/mol. The summed E-state index contributed by atoms with van der Waals surface area (Å²) < 4.78 is 6.59. The van der Waals surface area contributed by atoms with Crippen LogP contribution in [0.2, 0.25) is 0 Å². The molecule has 0 fully saturated rings. The van der Waals surface area contributed by atoms with Crippen LogP contribution in [0.15, 0.2) is 99.3 Å². The number of benzene rings is 3. The van der Waals surface area contributed by atoms with Crippen molar-refractivity contribution in [2.45, 2.75) is 0 Å². The summed E-state index contributed by atoms with van der Waals surface area (Å²) in [6.45, 7) is 0. The van der Waals surface area contributed by atoms with Gasteiger partial charge < -0.3 is 9.84 Å². The lowest BCUT2D eigenvalue weighted by atomic mass is 10.1. The first-order valence-electron chi connectivity index (χ1n) is 10.3. The van der Waals surface area contributed by atoms with Crippen molar-refractivity contribution in [2.75, 3.05) is 7.11 Å². The molecule has 0 saturated heterocycles. The van der Waals surface area contributed by atoms with Crippen LogP contribution in [0.4, 0.5) is 11.4 Å². The average Bonchev–Trinajstić information content (AvgIpc) is 3.48. The normalized spacial score (nSPS) is 11.2. The highest BCUT2D eigenvalue weighted by molar-refractivity contribution is 7.12. The zero-order chi connectivity index (χ0) is 23.5. The Kier molecular flexibility index (Phi) is 5.75. The average molecular weight is 470 g/mol. The van der Waals surface area contributed by atoms with Crippen molar-refractivity contribution in [1.29, 1.82) is 0 Å². The molecule has 0 aliphatic carbocycles. The summed E-state index contributed by atoms with van der Waals surface area (Å²) in [6, 6.07) is 23.4. The number of hydrogen-bond donors (Lipinski definition) is 2. The Balaban J connectivity index is 1.57. The van der Waals surface area contributed by atoms with E-state index in [0.717, 1.165) is 22.6 Å². The minimum Gasteiger partial charge on any atom is -0.508 e. The number of rotatable bonds is 6. The van der Waals surface area contributed by atoms with Crippen LogP contribution in [0.1, 0.15) is 0 Å². The second-order valence-corrected chi connectivity index (χ2v) is 8.14. The summed E-state index contributed by atoms with van der Waals surface area (Å²) >= 11 is 1.34. The van der Waals surface area contributed by atoms with E-state index in [0.29, 0.717) is 16.5 Å². The van der Waals surface area contributed by atoms with Gasteiger partial charge in [-0.25, -0.2) is 4.98 Å². The maximum absolute atomic E-state index is 13.4. The number of azo groups is 1. The predicted octanol–water partition coefficient (Wildman–Crippen LogP) is 6.09. The van der Waals surface area contributed by atoms with Gasteiger partial charge in [-0.05, 0) is 36.4 Å². The second-order valence-electron chi connectivity index (χ2n) is 7.31. The highest BCUT2D eigenvalue weighted by Crippen LogP contribution is 2.30. The molecule has 2 aromatic heterocycles. The number of nitrogens with zero attached hydrogens (tertiary/aromatic N) is 4. The summed E-state index contributed by atoms with van der Waals surface area (Å²) in [5.74, 6) is 0.828. The van der Waals surface area contributed by atoms with Gasteiger partial charge in [0.25, 0.3) is 0 Å². The lowest BCUT2D eigenvalue weighted by Crippen LogP contribution is -2.13. The van der Waals surface area contributed by atoms with Gasteiger partial charge in [-0.15, -0.1) is 16.5 Å². The minimum absolute atomic E-state index is 0.0695. The molecule has 0 amide bonds. The number of phenols is 1. The molecule has 2 N–H and O–H groups in total. The van der Waals surface area contributed by atoms with Crippen LogP contribution in [0, 0.1) is 0 Å². The number of hydrogen-bond acceptors (Lipinski definition) is 7. The number of thiazole rings is 1. The van der Waals surface area contributed by atoms with Gasteiger partial charge in [0, 0.05) is 22.6 Å². The number of aromatic amines is 1. The van der Waals surface area contributed by atoms with Crippen LogP contribution in [0.25, 0.3) is 27.6 Å². The molecule has 168 valence electrons. The number of aromatic nitrogens is 3. The molecule has 0 unspecified atom stereocenters. The van der Waals surface area contributed by atoms with Gasteiger partial charge in [-0.1, -0.05) is 36.4 Å². The Morgan fingerprint density at radius 3 is 2.50 bits per heavy atom. The molecular weight excluding hydrogens is 450 g/mol. The van der Waals surface area contributed by atoms with E-state index in [4.69, 9.17) is 4.74 Å². The maximum atomic E-state index is 13.4. The first kappa shape index (κ1) is 21.4. The third-order valence-electron chi connectivity index (χ3n) is 5.09. The highest BCUT2D eigenvalue weighted by atomic mass is 32.1. The second kappa shape index (κ2) is 9.16. The van der Waals surface area contributed by atoms with Crippen LogP contribution in [0.3, 0.4) is 0 Å². The molecule has 0 radical (unpaired) electrons. The molecule has 3 aromatic carbocycles. The molecule has 9 heteroatoms. The van der Waals surface area contributed by atoms with E-state index in [9.17, 15) is 9.90 Å². The van der Waals surface area contributed by atoms with Crippen molar-refractivity contribution in [2.24, 2.45) is 10.2 Å². The van der Waals surface area contributed by atoms with Gasteiger partial charge in [-0.2, -0.15) is 9.80 Å². The van der Waals surface area contributed by atoms with Gasteiger partial charge in [0.05, 0.1) is 24.2 Å². The zero-order valence-corrected chi connectivity index (χ0v) is 18.9. The molecule has 0 spiro atoms. The molecule has 0 aliphatic rings. The molecule has 34 heavy (non-hydrogen) atoms. The van der Waals surface area contributed by atoms with Crippen LogP contribution < -0.4 is 10.3 Å². The SMILES string of the molecule is COc1ccc(-c2csc(-n3[nH]c(-c4ccccc4)c(N=Nc4cccc(O)c4)c3=O)n2)cc1. The summed E-state index contributed by atoms with van der Waals surface area (Å²) in [5, 5.41) is 23.6. The number of phenolic OH excluding ortho intramolecular Hbond substituents is 1. The molecule has 8 nitrogen and oxygen atoms in total. The molecule has 0 saturated carbocycles. The van der Waals surface area contributed by atoms with E-state index < -0.39 is 0 Å². The quantitative estimate of drug-likeness (QED) is 0.294. The van der Waals surface area contributed by atoms with Crippen LogP contribution in [-0.4, -0.2) is 27.0 Å². The van der Waals surface area contributed by atoms with Crippen molar-refractivity contribution >= 4 is 22.7 Å². The predicted molar refractivity (Wildman–Crippen MR) is 132 cm³/mol. The van der Waals surface area contributed by atoms with Crippen molar-refractivity contribution in [3.8, 4) is 39.1 Å². The fourth-order valence-electron chi connectivity index (χ4n) is 3.39. The number of methoxy groups -OCH3 is 1. The van der Waals surface area contributed by atoms with E-state index in [1.807, 2.05) is 60.0 Å². The van der Waals surface area contributed by atoms with E-state index in [1.54, 1.807) is 25.3 Å². The number of ether oxygens (including phenoxy) is 1. The van der Waals surface area contributed by atoms with E-state index in [-0.39, 0.29) is 17.0 Å². The Morgan fingerprint density at radius 2 is 1.76 bits per heavy atom. The topological polar surface area (TPSA) is 105 Å². The van der Waals surface area contributed by atoms with Gasteiger partial charge in [0.1, 0.15) is 11.5 Å². The number of aromatic hydroxyl groups is 1. The third kappa shape index (κ3) is 4.24. The van der Waals surface area contributed by atoms with Gasteiger partial charge >= 0.3 is 5.56 Å². The van der Waals surface area contributed by atoms with Crippen LogP contribution >= 0.6 is 11.3 Å². The summed E-state index contributed by atoms with van der Waals surface area (Å²) in [6.07, 6.45) is 0. The maximum Gasteiger partial charge on any atom is 0.301 e. The van der Waals surface area contributed by atoms with Crippen molar-refractivity contribution in [3.63, 3.8) is 0 Å². The molecule has 2 heterocycles. The van der Waals surface area contributed by atoms with Crippen LogP contribution in [0.5, 0.6) is 11.5 Å². The largest absolute Gasteiger partial charge is 0.508 e. The molecule has 0 aliphatic heterocycles. The van der Waals surface area contributed by atoms with Gasteiger partial charge in [0.15, 0.2) is 5.69 Å². The van der Waals surface area contributed by atoms with E-state index >= 15 is 0 Å². The Morgan fingerprint density at radius 1 is 0.971 bits per heavy atom. The molecular formula is C25H19N5O3S. The van der Waals surface area contributed by atoms with Crippen LogP contribution in [-0.2, 0) is 0 Å². The van der Waals surface area contributed by atoms with Gasteiger partial charge in [0.2, 0.25) is 5.13 Å². The van der Waals surface area contributed by atoms with E-state index in [1.165, 1.54) is 22.1 Å².